The van der Waals surface area contributed by atoms with Gasteiger partial charge in [-0.3, -0.25) is 0 Å². The van der Waals surface area contributed by atoms with Gasteiger partial charge in [0.1, 0.15) is 0 Å². The minimum atomic E-state index is -1.07. The Hall–Kier alpha value is -0.205. The molecule has 72 valence electrons. The molecule has 0 radical (unpaired) electrons. The van der Waals surface area contributed by atoms with E-state index in [0.29, 0.717) is 0 Å². The SMILES string of the molecule is CNCC(=O)[O-].CNCC(=O)[O-].[Hg+2]. The quantitative estimate of drug-likeness (QED) is 0.483. The van der Waals surface area contributed by atoms with Crippen LogP contribution in [0.25, 0.3) is 0 Å². The van der Waals surface area contributed by atoms with Gasteiger partial charge in [-0.2, -0.15) is 0 Å². The van der Waals surface area contributed by atoms with Gasteiger partial charge in [-0.15, -0.1) is 0 Å². The summed E-state index contributed by atoms with van der Waals surface area (Å²) in [5.41, 5.74) is 0. The van der Waals surface area contributed by atoms with Crippen LogP contribution in [0.1, 0.15) is 0 Å². The number of carboxylic acid groups (broad SMARTS) is 2. The molecule has 0 fully saturated rings. The molecule has 0 aromatic carbocycles. The van der Waals surface area contributed by atoms with Crippen molar-refractivity contribution in [3.63, 3.8) is 0 Å². The molecule has 0 unspecified atom stereocenters. The predicted octanol–water partition coefficient (Wildman–Crippen LogP) is -4.09. The fourth-order valence-corrected chi connectivity index (χ4v) is 0.289. The summed E-state index contributed by atoms with van der Waals surface area (Å²) in [5, 5.41) is 23.7. The monoisotopic (exact) mass is 378 g/mol. The molecule has 0 atom stereocenters. The van der Waals surface area contributed by atoms with Crippen molar-refractivity contribution in [3.05, 3.63) is 0 Å². The van der Waals surface area contributed by atoms with E-state index in [0.717, 1.165) is 0 Å². The van der Waals surface area contributed by atoms with Crippen molar-refractivity contribution in [2.75, 3.05) is 27.2 Å². The Kier molecular flexibility index (Phi) is 20.4. The van der Waals surface area contributed by atoms with Gasteiger partial charge in [-0.05, 0) is 14.1 Å². The average Bonchev–Trinajstić information content (AvgIpc) is 1.87. The van der Waals surface area contributed by atoms with Crippen molar-refractivity contribution < 1.29 is 47.5 Å². The molecule has 0 aromatic heterocycles. The third-order valence-corrected chi connectivity index (χ3v) is 0.642. The molecule has 0 spiro atoms. The molecule has 0 heterocycles. The minimum absolute atomic E-state index is 0. The third-order valence-electron chi connectivity index (χ3n) is 0.642. The summed E-state index contributed by atoms with van der Waals surface area (Å²) in [7, 11) is 3.10. The smallest absolute Gasteiger partial charge is 0.549 e. The first-order valence-electron chi connectivity index (χ1n) is 3.23. The number of hydrogen-bond donors (Lipinski definition) is 2. The van der Waals surface area contributed by atoms with Crippen LogP contribution in [-0.4, -0.2) is 39.1 Å². The van der Waals surface area contributed by atoms with Crippen LogP contribution in [0, 0.1) is 0 Å². The van der Waals surface area contributed by atoms with Gasteiger partial charge in [0.15, 0.2) is 0 Å². The Morgan fingerprint density at radius 3 is 1.23 bits per heavy atom. The van der Waals surface area contributed by atoms with E-state index >= 15 is 0 Å². The zero-order chi connectivity index (χ0) is 9.98. The van der Waals surface area contributed by atoms with Gasteiger partial charge in [-0.25, -0.2) is 0 Å². The van der Waals surface area contributed by atoms with Gasteiger partial charge in [0.05, 0.1) is 11.9 Å². The van der Waals surface area contributed by atoms with E-state index in [4.69, 9.17) is 0 Å². The fourth-order valence-electron chi connectivity index (χ4n) is 0.289. The van der Waals surface area contributed by atoms with Crippen molar-refractivity contribution in [1.29, 1.82) is 0 Å². The maximum absolute atomic E-state index is 9.43. The summed E-state index contributed by atoms with van der Waals surface area (Å²) in [5.74, 6) is -2.14. The Labute approximate surface area is 97.2 Å². The van der Waals surface area contributed by atoms with Crippen LogP contribution in [0.2, 0.25) is 0 Å². The minimum Gasteiger partial charge on any atom is -0.549 e. The number of carbonyl (C=O) groups excluding carboxylic acids is 2. The first-order chi connectivity index (χ1) is 5.54. The van der Waals surface area contributed by atoms with E-state index in [1.165, 1.54) is 0 Å². The van der Waals surface area contributed by atoms with E-state index < -0.39 is 11.9 Å². The number of nitrogens with one attached hydrogen (secondary N) is 2. The van der Waals surface area contributed by atoms with E-state index in [-0.39, 0.29) is 40.8 Å². The fraction of sp³-hybridized carbons (Fsp3) is 0.667. The second kappa shape index (κ2) is 14.3. The van der Waals surface area contributed by atoms with E-state index in [1.807, 2.05) is 0 Å². The van der Waals surface area contributed by atoms with E-state index in [1.54, 1.807) is 14.1 Å². The Balaban J connectivity index is -0.000000143. The van der Waals surface area contributed by atoms with Crippen molar-refractivity contribution in [2.45, 2.75) is 0 Å². The number of likely N-dealkylation sites (N-methyl/N-ethyl adjacent to an activating group) is 2. The molecule has 0 rings (SSSR count). The van der Waals surface area contributed by atoms with Crippen LogP contribution in [0.5, 0.6) is 0 Å². The number of aliphatic carboxylic acids is 2. The number of hydrogen-bond acceptors (Lipinski definition) is 6. The molecule has 7 heteroatoms. The topological polar surface area (TPSA) is 104 Å². The molecule has 6 nitrogen and oxygen atoms in total. The molecule has 13 heavy (non-hydrogen) atoms. The average molecular weight is 377 g/mol. The van der Waals surface area contributed by atoms with Crippen molar-refractivity contribution >= 4 is 11.9 Å². The molecule has 0 aromatic rings. The van der Waals surface area contributed by atoms with Crippen molar-refractivity contribution in [3.8, 4) is 0 Å². The maximum Gasteiger partial charge on any atom is 2.00 e. The van der Waals surface area contributed by atoms with Crippen molar-refractivity contribution in [2.24, 2.45) is 0 Å². The number of carboxylic acids is 2. The van der Waals surface area contributed by atoms with Crippen LogP contribution >= 0.6 is 0 Å². The second-order valence-electron chi connectivity index (χ2n) is 1.80. The van der Waals surface area contributed by atoms with Gasteiger partial charge in [0.2, 0.25) is 0 Å². The molecule has 0 saturated heterocycles. The van der Waals surface area contributed by atoms with Gasteiger partial charge in [0.25, 0.3) is 0 Å². The van der Waals surface area contributed by atoms with Crippen LogP contribution in [0.3, 0.4) is 0 Å². The molecular formula is C6H12HgN2O4. The molecule has 0 saturated carbocycles. The zero-order valence-corrected chi connectivity index (χ0v) is 13.3. The third kappa shape index (κ3) is 33.7. The summed E-state index contributed by atoms with van der Waals surface area (Å²) in [6, 6.07) is 0. The molecule has 0 aliphatic carbocycles. The van der Waals surface area contributed by atoms with Crippen LogP contribution in [0.4, 0.5) is 0 Å². The maximum atomic E-state index is 9.43. The van der Waals surface area contributed by atoms with Gasteiger partial charge >= 0.3 is 27.7 Å². The number of carbonyl (C=O) groups is 2. The van der Waals surface area contributed by atoms with Crippen LogP contribution < -0.4 is 20.8 Å². The summed E-state index contributed by atoms with van der Waals surface area (Å²) in [6.07, 6.45) is 0. The normalized spacial score (nSPS) is 7.54. The first-order valence-corrected chi connectivity index (χ1v) is 3.23. The van der Waals surface area contributed by atoms with Gasteiger partial charge in [-0.1, -0.05) is 0 Å². The first kappa shape index (κ1) is 18.6. The molecule has 0 bridgehead atoms. The van der Waals surface area contributed by atoms with Gasteiger partial charge in [0, 0.05) is 13.1 Å². The van der Waals surface area contributed by atoms with Gasteiger partial charge < -0.3 is 30.4 Å². The summed E-state index contributed by atoms with van der Waals surface area (Å²) >= 11 is 0. The predicted molar refractivity (Wildman–Crippen MR) is 37.9 cm³/mol. The van der Waals surface area contributed by atoms with Crippen LogP contribution in [-0.2, 0) is 37.3 Å². The standard InChI is InChI=1S/2C3H7NO2.Hg/c2*1-4-2-3(5)6;/h2*4H,2H2,1H3,(H,5,6);/q;;+2/p-2. The van der Waals surface area contributed by atoms with E-state index in [2.05, 4.69) is 10.6 Å². The number of rotatable bonds is 4. The molecule has 0 aliphatic heterocycles. The Bertz CT molecular complexity index is 127. The van der Waals surface area contributed by atoms with E-state index in [9.17, 15) is 19.8 Å². The second-order valence-corrected chi connectivity index (χ2v) is 1.80. The summed E-state index contributed by atoms with van der Waals surface area (Å²) < 4.78 is 0. The molecule has 0 aliphatic rings. The van der Waals surface area contributed by atoms with Crippen molar-refractivity contribution in [1.82, 2.24) is 10.6 Å². The Morgan fingerprint density at radius 2 is 1.23 bits per heavy atom. The zero-order valence-electron chi connectivity index (χ0n) is 7.75. The van der Waals surface area contributed by atoms with Crippen LogP contribution in [0.15, 0.2) is 0 Å². The largest absolute Gasteiger partial charge is 2.00 e. The molecule has 2 N–H and O–H groups in total. The summed E-state index contributed by atoms with van der Waals surface area (Å²) in [4.78, 5) is 18.9. The molecular weight excluding hydrogens is 365 g/mol. The Morgan fingerprint density at radius 1 is 1.00 bits per heavy atom. The summed E-state index contributed by atoms with van der Waals surface area (Å²) in [6.45, 7) is -0.139. The molecule has 0 amide bonds.